The second-order valence-electron chi connectivity index (χ2n) is 10.8. The zero-order chi connectivity index (χ0) is 26.6. The second kappa shape index (κ2) is 13.1. The quantitative estimate of drug-likeness (QED) is 0.332. The van der Waals surface area contributed by atoms with Gasteiger partial charge in [0.05, 0.1) is 6.10 Å². The Bertz CT molecular complexity index is 994. The van der Waals surface area contributed by atoms with Crippen LogP contribution in [-0.4, -0.2) is 77.0 Å². The van der Waals surface area contributed by atoms with E-state index < -0.39 is 23.6 Å². The average Bonchev–Trinajstić information content (AvgIpc) is 2.91. The van der Waals surface area contributed by atoms with Gasteiger partial charge in [0.15, 0.2) is 6.20 Å². The van der Waals surface area contributed by atoms with Crippen LogP contribution >= 0.6 is 12.4 Å². The van der Waals surface area contributed by atoms with Crippen molar-refractivity contribution in [2.45, 2.75) is 88.9 Å². The van der Waals surface area contributed by atoms with Gasteiger partial charge in [0.1, 0.15) is 11.6 Å². The number of nitrogens with zero attached hydrogens (tertiary/aromatic N) is 3. The maximum Gasteiger partial charge on any atom is 0.317 e. The molecular formula is C27H42ClN5O5. The molecule has 1 spiro atoms. The summed E-state index contributed by atoms with van der Waals surface area (Å²) in [5.74, 6) is -0.703. The lowest BCUT2D eigenvalue weighted by atomic mass is 9.78. The monoisotopic (exact) mass is 551 g/mol. The second-order valence-corrected chi connectivity index (χ2v) is 10.8. The summed E-state index contributed by atoms with van der Waals surface area (Å²) in [5, 5.41) is 28.8. The molecule has 0 unspecified atom stereocenters. The van der Waals surface area contributed by atoms with E-state index >= 15 is 0 Å². The van der Waals surface area contributed by atoms with Crippen LogP contribution in [0.1, 0.15) is 80.8 Å². The molecule has 1 saturated carbocycles. The number of amides is 3. The molecule has 11 heteroatoms. The number of aromatic nitrogens is 1. The predicted octanol–water partition coefficient (Wildman–Crippen LogP) is 1.50. The van der Waals surface area contributed by atoms with Crippen molar-refractivity contribution in [2.24, 2.45) is 5.92 Å². The van der Waals surface area contributed by atoms with E-state index in [4.69, 9.17) is 0 Å². The maximum absolute atomic E-state index is 13.7. The molecule has 2 saturated heterocycles. The molecule has 3 aliphatic rings. The first kappa shape index (κ1) is 30.1. The minimum absolute atomic E-state index is 0. The number of halogens is 1. The number of aliphatic hydroxyl groups is 1. The molecule has 3 amide bonds. The Hall–Kier alpha value is -2.43. The number of likely N-dealkylation sites (tertiary alicyclic amines) is 1. The third-order valence-corrected chi connectivity index (χ3v) is 8.49. The highest BCUT2D eigenvalue weighted by molar-refractivity contribution is 6.00. The highest BCUT2D eigenvalue weighted by Gasteiger charge is 2.55. The van der Waals surface area contributed by atoms with Crippen molar-refractivity contribution in [2.75, 3.05) is 26.7 Å². The van der Waals surface area contributed by atoms with Crippen LogP contribution in [0.5, 0.6) is 0 Å². The molecule has 10 nitrogen and oxygen atoms in total. The summed E-state index contributed by atoms with van der Waals surface area (Å²) in [5.41, 5.74) is -0.0911. The van der Waals surface area contributed by atoms with Crippen LogP contribution < -0.4 is 15.4 Å². The summed E-state index contributed by atoms with van der Waals surface area (Å²) in [7, 11) is 1.48. The van der Waals surface area contributed by atoms with E-state index in [1.54, 1.807) is 11.0 Å². The first-order valence-electron chi connectivity index (χ1n) is 13.8. The highest BCUT2D eigenvalue weighted by Crippen LogP contribution is 2.36. The zero-order valence-corrected chi connectivity index (χ0v) is 23.3. The Morgan fingerprint density at radius 3 is 2.53 bits per heavy atom. The number of hydrogen-bond donors (Lipinski definition) is 3. The van der Waals surface area contributed by atoms with E-state index in [1.807, 2.05) is 0 Å². The van der Waals surface area contributed by atoms with Gasteiger partial charge in [0, 0.05) is 44.9 Å². The Morgan fingerprint density at radius 2 is 1.92 bits per heavy atom. The maximum atomic E-state index is 13.7. The van der Waals surface area contributed by atoms with Crippen molar-refractivity contribution in [3.8, 4) is 0 Å². The van der Waals surface area contributed by atoms with Crippen molar-refractivity contribution >= 4 is 30.1 Å². The average molecular weight is 552 g/mol. The molecule has 2 aliphatic heterocycles. The van der Waals surface area contributed by atoms with Crippen LogP contribution in [0.3, 0.4) is 0 Å². The van der Waals surface area contributed by atoms with E-state index in [0.717, 1.165) is 50.5 Å². The summed E-state index contributed by atoms with van der Waals surface area (Å²) < 4.78 is 0.580. The summed E-state index contributed by atoms with van der Waals surface area (Å²) in [6, 6.07) is 2.41. The van der Waals surface area contributed by atoms with Gasteiger partial charge < -0.3 is 25.8 Å². The van der Waals surface area contributed by atoms with Gasteiger partial charge in [0.2, 0.25) is 11.8 Å². The number of nitrogens with one attached hydrogen (secondary N) is 2. The predicted molar refractivity (Wildman–Crippen MR) is 144 cm³/mol. The number of carbonyl (C=O) groups excluding carboxylic acids is 3. The van der Waals surface area contributed by atoms with Crippen molar-refractivity contribution in [1.82, 2.24) is 20.4 Å². The van der Waals surface area contributed by atoms with Gasteiger partial charge in [-0.3, -0.25) is 19.3 Å². The lowest BCUT2D eigenvalue weighted by molar-refractivity contribution is -0.608. The molecule has 2 atom stereocenters. The van der Waals surface area contributed by atoms with Crippen LogP contribution in [0.4, 0.5) is 0 Å². The number of rotatable bonds is 8. The Labute approximate surface area is 231 Å². The number of piperazine rings is 1. The van der Waals surface area contributed by atoms with E-state index in [9.17, 15) is 24.7 Å². The number of hydrogen-bond acceptors (Lipinski definition) is 6. The van der Waals surface area contributed by atoms with Gasteiger partial charge in [-0.05, 0) is 44.1 Å². The topological polar surface area (TPSA) is 129 Å². The molecule has 0 bridgehead atoms. The SMILES string of the molecule is CCCCN1C(=O)[C@@H]([C@H](O)C2CCCCC2)NC(=O)C12CCN(Cc1ccc(C(=O)NC)[n+]([O-])c1)CC2.Cl. The fraction of sp³-hybridized carbons (Fsp3) is 0.704. The summed E-state index contributed by atoms with van der Waals surface area (Å²) in [4.78, 5) is 43.1. The van der Waals surface area contributed by atoms with Gasteiger partial charge >= 0.3 is 5.91 Å². The molecule has 0 aromatic carbocycles. The smallest absolute Gasteiger partial charge is 0.317 e. The molecular weight excluding hydrogens is 510 g/mol. The van der Waals surface area contributed by atoms with Crippen molar-refractivity contribution < 1.29 is 24.2 Å². The van der Waals surface area contributed by atoms with Gasteiger partial charge in [-0.15, -0.1) is 12.4 Å². The largest absolute Gasteiger partial charge is 0.618 e. The fourth-order valence-electron chi connectivity index (χ4n) is 6.21. The Balaban J connectivity index is 0.00000400. The van der Waals surface area contributed by atoms with Crippen LogP contribution in [-0.2, 0) is 16.1 Å². The lowest BCUT2D eigenvalue weighted by Gasteiger charge is -2.52. The molecule has 38 heavy (non-hydrogen) atoms. The van der Waals surface area contributed by atoms with Gasteiger partial charge in [-0.2, -0.15) is 4.73 Å². The molecule has 0 radical (unpaired) electrons. The number of piperidine rings is 1. The molecule has 3 N–H and O–H groups in total. The van der Waals surface area contributed by atoms with Crippen molar-refractivity contribution in [3.63, 3.8) is 0 Å². The molecule has 4 rings (SSSR count). The minimum atomic E-state index is -0.910. The van der Waals surface area contributed by atoms with Crippen LogP contribution in [0.2, 0.25) is 0 Å². The van der Waals surface area contributed by atoms with E-state index in [-0.39, 0.29) is 35.8 Å². The number of carbonyl (C=O) groups is 3. The summed E-state index contributed by atoms with van der Waals surface area (Å²) >= 11 is 0. The number of unbranched alkanes of at least 4 members (excludes halogenated alkanes) is 1. The molecule has 1 aromatic heterocycles. The first-order valence-corrected chi connectivity index (χ1v) is 13.8. The molecule has 1 aromatic rings. The zero-order valence-electron chi connectivity index (χ0n) is 22.5. The van der Waals surface area contributed by atoms with Gasteiger partial charge in [0.25, 0.3) is 5.69 Å². The normalized spacial score (nSPS) is 23.0. The molecule has 1 aliphatic carbocycles. The Kier molecular flexibility index (Phi) is 10.4. The van der Waals surface area contributed by atoms with Crippen LogP contribution in [0.15, 0.2) is 18.3 Å². The standard InChI is InChI=1S/C27H41N5O5.ClH/c1-3-4-14-31-25(35)22(23(33)20-8-6-5-7-9-20)29-26(36)27(31)12-15-30(16-13-27)17-19-10-11-21(24(34)28-2)32(37)18-19;/h10-11,18,20,22-23,33H,3-9,12-17H2,1-2H3,(H,28,34)(H,29,36);1H/t22-,23-;/m1./s1. The van der Waals surface area contributed by atoms with E-state index in [1.165, 1.54) is 19.3 Å². The van der Waals surface area contributed by atoms with E-state index in [2.05, 4.69) is 22.5 Å². The summed E-state index contributed by atoms with van der Waals surface area (Å²) in [6.45, 7) is 4.27. The molecule has 3 heterocycles. The molecule has 3 fully saturated rings. The number of aliphatic hydroxyl groups excluding tert-OH is 1. The molecule has 212 valence electrons. The van der Waals surface area contributed by atoms with Crippen LogP contribution in [0, 0.1) is 11.1 Å². The Morgan fingerprint density at radius 1 is 1.24 bits per heavy atom. The highest BCUT2D eigenvalue weighted by atomic mass is 35.5. The lowest BCUT2D eigenvalue weighted by Crippen LogP contribution is -2.75. The minimum Gasteiger partial charge on any atom is -0.618 e. The number of pyridine rings is 1. The van der Waals surface area contributed by atoms with Crippen molar-refractivity contribution in [1.29, 1.82) is 0 Å². The third-order valence-electron chi connectivity index (χ3n) is 8.49. The van der Waals surface area contributed by atoms with Gasteiger partial charge in [-0.1, -0.05) is 32.6 Å². The fourth-order valence-corrected chi connectivity index (χ4v) is 6.21. The first-order chi connectivity index (χ1) is 17.8. The van der Waals surface area contributed by atoms with Crippen LogP contribution in [0.25, 0.3) is 0 Å². The summed E-state index contributed by atoms with van der Waals surface area (Å²) in [6.07, 6.45) is 8.31. The van der Waals surface area contributed by atoms with Gasteiger partial charge in [-0.25, -0.2) is 0 Å². The van der Waals surface area contributed by atoms with Crippen molar-refractivity contribution in [3.05, 3.63) is 34.8 Å². The van der Waals surface area contributed by atoms with E-state index in [0.29, 0.717) is 43.8 Å². The third kappa shape index (κ3) is 6.07.